The highest BCUT2D eigenvalue weighted by Gasteiger charge is 2.53. The number of aromatic nitrogens is 2. The van der Waals surface area contributed by atoms with E-state index in [9.17, 15) is 24.0 Å². The van der Waals surface area contributed by atoms with Gasteiger partial charge in [-0.15, -0.1) is 0 Å². The lowest BCUT2D eigenvalue weighted by molar-refractivity contribution is -0.141. The van der Waals surface area contributed by atoms with Crippen LogP contribution in [0, 0.1) is 0 Å². The fourth-order valence-electron chi connectivity index (χ4n) is 8.89. The monoisotopic (exact) mass is 818 g/mol. The first-order valence-corrected chi connectivity index (χ1v) is 19.4. The van der Waals surface area contributed by atoms with Gasteiger partial charge in [0.25, 0.3) is 5.56 Å². The van der Waals surface area contributed by atoms with E-state index in [1.807, 2.05) is 11.0 Å². The number of methoxy groups -OCH3 is 3. The number of fused-ring (bicyclic) bond motifs is 3. The molecule has 2 saturated heterocycles. The van der Waals surface area contributed by atoms with Crippen LogP contribution in [0.4, 0.5) is 26.0 Å². The zero-order chi connectivity index (χ0) is 42.4. The fourth-order valence-corrected chi connectivity index (χ4v) is 8.89. The first kappa shape index (κ1) is 38.8. The molecule has 2 atom stereocenters. The number of hydrogen-bond donors (Lipinski definition) is 1. The number of benzene rings is 3. The third-order valence-electron chi connectivity index (χ3n) is 12.1. The van der Waals surface area contributed by atoms with E-state index in [0.29, 0.717) is 68.7 Å². The van der Waals surface area contributed by atoms with Crippen molar-refractivity contribution in [2.45, 2.75) is 50.3 Å². The van der Waals surface area contributed by atoms with Gasteiger partial charge in [0.15, 0.2) is 0 Å². The number of imide groups is 1. The summed E-state index contributed by atoms with van der Waals surface area (Å²) >= 11 is 0. The molecule has 3 aromatic carbocycles. The van der Waals surface area contributed by atoms with Crippen molar-refractivity contribution >= 4 is 51.6 Å². The van der Waals surface area contributed by atoms with Gasteiger partial charge in [0.1, 0.15) is 23.4 Å². The molecule has 2 aromatic heterocycles. The van der Waals surface area contributed by atoms with E-state index >= 15 is 8.78 Å². The SMILES string of the molecule is COc1cc(-c2cn(C)c(=O)c3cnc(N4CC(OC)C4)cc23)cc(OC)c1CN1C(=O)C(F)(F)c2cc(-c3cccc4c3C(C)C(=O)N4C3CCC(=O)NC3=O)ccc21. The molecule has 0 bridgehead atoms. The smallest absolute Gasteiger partial charge is 0.352 e. The number of nitrogens with zero attached hydrogens (tertiary/aromatic N) is 5. The summed E-state index contributed by atoms with van der Waals surface area (Å²) in [4.78, 5) is 74.2. The van der Waals surface area contributed by atoms with Crippen LogP contribution in [0.1, 0.15) is 42.4 Å². The molecule has 5 aromatic rings. The summed E-state index contributed by atoms with van der Waals surface area (Å²) < 4.78 is 50.9. The van der Waals surface area contributed by atoms with Gasteiger partial charge in [0.2, 0.25) is 17.7 Å². The third-order valence-corrected chi connectivity index (χ3v) is 12.1. The topological polar surface area (TPSA) is 153 Å². The van der Waals surface area contributed by atoms with Gasteiger partial charge < -0.3 is 28.6 Å². The van der Waals surface area contributed by atoms with E-state index in [2.05, 4.69) is 10.3 Å². The van der Waals surface area contributed by atoms with Gasteiger partial charge in [0, 0.05) is 62.7 Å². The Morgan fingerprint density at radius 1 is 0.883 bits per heavy atom. The van der Waals surface area contributed by atoms with Crippen molar-refractivity contribution in [1.82, 2.24) is 14.9 Å². The Kier molecular flexibility index (Phi) is 9.22. The number of piperidine rings is 1. The molecule has 4 aliphatic rings. The molecule has 0 radical (unpaired) electrons. The van der Waals surface area contributed by atoms with Crippen molar-refractivity contribution in [2.75, 3.05) is 49.1 Å². The number of rotatable bonds is 9. The Hall–Kier alpha value is -6.68. The number of halogens is 2. The summed E-state index contributed by atoms with van der Waals surface area (Å²) in [6.07, 6.45) is 3.59. The van der Waals surface area contributed by atoms with Crippen molar-refractivity contribution in [2.24, 2.45) is 7.05 Å². The maximum Gasteiger partial charge on any atom is 0.352 e. The Labute approximate surface area is 342 Å². The van der Waals surface area contributed by atoms with Gasteiger partial charge in [-0.1, -0.05) is 18.2 Å². The predicted octanol–water partition coefficient (Wildman–Crippen LogP) is 5.01. The number of amides is 4. The number of anilines is 3. The van der Waals surface area contributed by atoms with Crippen LogP contribution in [0.3, 0.4) is 0 Å². The van der Waals surface area contributed by atoms with Crippen molar-refractivity contribution in [3.63, 3.8) is 0 Å². The van der Waals surface area contributed by atoms with Crippen molar-refractivity contribution in [3.05, 3.63) is 94.0 Å². The highest BCUT2D eigenvalue weighted by atomic mass is 19.3. The Morgan fingerprint density at radius 2 is 1.62 bits per heavy atom. The zero-order valence-electron chi connectivity index (χ0n) is 33.4. The molecular weight excluding hydrogens is 779 g/mol. The number of hydrogen-bond acceptors (Lipinski definition) is 10. The van der Waals surface area contributed by atoms with Crippen LogP contribution in [0.2, 0.25) is 0 Å². The van der Waals surface area contributed by atoms with Crippen LogP contribution in [-0.4, -0.2) is 79.7 Å². The molecule has 4 amide bonds. The molecule has 60 heavy (non-hydrogen) atoms. The normalized spacial score (nSPS) is 19.8. The lowest BCUT2D eigenvalue weighted by atomic mass is 9.91. The molecule has 14 nitrogen and oxygen atoms in total. The Bertz CT molecular complexity index is 2720. The van der Waals surface area contributed by atoms with Crippen LogP contribution >= 0.6 is 0 Å². The summed E-state index contributed by atoms with van der Waals surface area (Å²) in [6, 6.07) is 13.9. The maximum absolute atomic E-state index is 16.2. The maximum atomic E-state index is 16.2. The molecule has 0 spiro atoms. The van der Waals surface area contributed by atoms with Gasteiger partial charge in [-0.3, -0.25) is 34.2 Å². The standard InChI is InChI=1S/C44H40F2N6O8/c1-22-39-26(7-6-8-33(39)52(41(22)55)34-11-12-38(53)48-40(34)54)23-9-10-32-31(13-23)44(45,46)43(57)51(32)21-30-35(59-4)14-24(15-36(30)60-5)29-20-49(2)42(56)28-17-47-37(16-27(28)29)50-18-25(19-50)58-3/h6-10,13-17,20,22,25,34H,11-12,18-19,21H2,1-5H3,(H,48,53,54). The number of aryl methyl sites for hydroxylation is 1. The Balaban J connectivity index is 1.07. The minimum atomic E-state index is -3.90. The lowest BCUT2D eigenvalue weighted by Crippen LogP contribution is -2.53. The van der Waals surface area contributed by atoms with Gasteiger partial charge in [-0.2, -0.15) is 8.78 Å². The lowest BCUT2D eigenvalue weighted by Gasteiger charge is -2.39. The molecule has 1 N–H and O–H groups in total. The Morgan fingerprint density at radius 3 is 2.30 bits per heavy atom. The number of nitrogens with one attached hydrogen (secondary N) is 1. The molecule has 0 saturated carbocycles. The first-order valence-electron chi connectivity index (χ1n) is 19.4. The van der Waals surface area contributed by atoms with Crippen molar-refractivity contribution in [1.29, 1.82) is 0 Å². The second-order valence-electron chi connectivity index (χ2n) is 15.5. The van der Waals surface area contributed by atoms with Crippen LogP contribution in [0.25, 0.3) is 33.0 Å². The molecule has 2 unspecified atom stereocenters. The van der Waals surface area contributed by atoms with Gasteiger partial charge >= 0.3 is 11.8 Å². The van der Waals surface area contributed by atoms with Crippen LogP contribution in [-0.2, 0) is 43.4 Å². The second-order valence-corrected chi connectivity index (χ2v) is 15.5. The first-order chi connectivity index (χ1) is 28.7. The summed E-state index contributed by atoms with van der Waals surface area (Å²) in [5.74, 6) is -6.14. The third kappa shape index (κ3) is 5.91. The number of pyridine rings is 2. The summed E-state index contributed by atoms with van der Waals surface area (Å²) in [7, 11) is 6.17. The number of carbonyl (C=O) groups excluding carboxylic acids is 4. The molecule has 4 aliphatic heterocycles. The average Bonchev–Trinajstić information content (AvgIpc) is 3.58. The second kappa shape index (κ2) is 14.3. The number of carbonyl (C=O) groups is 4. The van der Waals surface area contributed by atoms with E-state index in [0.717, 1.165) is 4.90 Å². The van der Waals surface area contributed by atoms with E-state index < -0.39 is 41.2 Å². The quantitative estimate of drug-likeness (QED) is 0.201. The molecule has 2 fully saturated rings. The van der Waals surface area contributed by atoms with E-state index in [1.165, 1.54) is 35.8 Å². The summed E-state index contributed by atoms with van der Waals surface area (Å²) in [6.45, 7) is 2.68. The highest BCUT2D eigenvalue weighted by molar-refractivity contribution is 6.13. The zero-order valence-corrected chi connectivity index (χ0v) is 33.4. The molecule has 6 heterocycles. The minimum absolute atomic E-state index is 0.00501. The number of ether oxygens (including phenoxy) is 3. The van der Waals surface area contributed by atoms with Crippen molar-refractivity contribution in [3.8, 4) is 33.8 Å². The largest absolute Gasteiger partial charge is 0.496 e. The minimum Gasteiger partial charge on any atom is -0.496 e. The van der Waals surface area contributed by atoms with E-state index in [-0.39, 0.29) is 54.1 Å². The summed E-state index contributed by atoms with van der Waals surface area (Å²) in [5.41, 5.74) is 2.78. The molecular formula is C44H40F2N6O8. The molecule has 16 heteroatoms. The van der Waals surface area contributed by atoms with Crippen LogP contribution in [0.5, 0.6) is 11.5 Å². The molecule has 308 valence electrons. The molecule has 0 aliphatic carbocycles. The van der Waals surface area contributed by atoms with Gasteiger partial charge in [-0.25, -0.2) is 4.98 Å². The van der Waals surface area contributed by atoms with Crippen LogP contribution < -0.4 is 35.0 Å². The van der Waals surface area contributed by atoms with Crippen molar-refractivity contribution < 1.29 is 42.2 Å². The summed E-state index contributed by atoms with van der Waals surface area (Å²) in [5, 5.41) is 3.35. The van der Waals surface area contributed by atoms with Crippen LogP contribution in [0.15, 0.2) is 71.8 Å². The average molecular weight is 819 g/mol. The van der Waals surface area contributed by atoms with E-state index in [1.54, 1.807) is 69.9 Å². The molecule has 9 rings (SSSR count). The highest BCUT2D eigenvalue weighted by Crippen LogP contribution is 2.50. The number of alkyl halides is 2. The van der Waals surface area contributed by atoms with Gasteiger partial charge in [-0.05, 0) is 72.0 Å². The fraction of sp³-hybridized carbons (Fsp3) is 0.318. The predicted molar refractivity (Wildman–Crippen MR) is 218 cm³/mol. The van der Waals surface area contributed by atoms with Gasteiger partial charge in [0.05, 0.1) is 55.0 Å². The van der Waals surface area contributed by atoms with E-state index in [4.69, 9.17) is 14.2 Å².